The van der Waals surface area contributed by atoms with Crippen molar-refractivity contribution in [2.45, 2.75) is 32.4 Å². The molecule has 34 heavy (non-hydrogen) atoms. The van der Waals surface area contributed by atoms with Crippen molar-refractivity contribution in [3.63, 3.8) is 0 Å². The third-order valence-corrected chi connectivity index (χ3v) is 5.40. The standard InChI is InChI=1S/C22H21F2N7O.CH3F/c23-20(24)22-28-27-21(32-22)17-6-3-15(4-7-17)13-31-14-19(26-29-31)18-8-5-16(11-25-18)12-30-9-1-2-10-30;1-2/h3-8,11,14,20H,1-2,9-10,12-13H2;1H3. The Morgan fingerprint density at radius 1 is 0.882 bits per heavy atom. The maximum absolute atomic E-state index is 12.6. The number of benzene rings is 1. The number of hydrogen-bond acceptors (Lipinski definition) is 7. The molecule has 0 spiro atoms. The summed E-state index contributed by atoms with van der Waals surface area (Å²) in [6.45, 7) is 3.75. The average molecular weight is 471 g/mol. The van der Waals surface area contributed by atoms with Crippen molar-refractivity contribution >= 4 is 0 Å². The highest BCUT2D eigenvalue weighted by atomic mass is 19.3. The molecular formula is C23H24F3N7O. The third kappa shape index (κ3) is 5.66. The number of alkyl halides is 3. The van der Waals surface area contributed by atoms with Gasteiger partial charge in [0, 0.05) is 18.3 Å². The van der Waals surface area contributed by atoms with Crippen LogP contribution in [-0.4, -0.2) is 55.3 Å². The Kier molecular flexibility index (Phi) is 7.63. The van der Waals surface area contributed by atoms with E-state index in [1.165, 1.54) is 18.4 Å². The molecule has 1 saturated heterocycles. The number of halogens is 3. The van der Waals surface area contributed by atoms with Gasteiger partial charge < -0.3 is 4.42 Å². The van der Waals surface area contributed by atoms with Gasteiger partial charge in [-0.2, -0.15) is 8.78 Å². The van der Waals surface area contributed by atoms with Gasteiger partial charge in [-0.25, -0.2) is 4.68 Å². The van der Waals surface area contributed by atoms with Crippen molar-refractivity contribution in [1.29, 1.82) is 0 Å². The van der Waals surface area contributed by atoms with E-state index < -0.39 is 12.3 Å². The van der Waals surface area contributed by atoms with Gasteiger partial charge in [0.25, 0.3) is 5.89 Å². The lowest BCUT2D eigenvalue weighted by Gasteiger charge is -2.14. The van der Waals surface area contributed by atoms with Crippen molar-refractivity contribution in [3.05, 3.63) is 65.8 Å². The molecule has 8 nitrogen and oxygen atoms in total. The minimum absolute atomic E-state index is 0.0640. The van der Waals surface area contributed by atoms with E-state index in [1.807, 2.05) is 30.6 Å². The van der Waals surface area contributed by atoms with Crippen LogP contribution in [0, 0.1) is 0 Å². The van der Waals surface area contributed by atoms with Gasteiger partial charge in [-0.05, 0) is 55.3 Å². The Hall–Kier alpha value is -3.60. The summed E-state index contributed by atoms with van der Waals surface area (Å²) in [5.74, 6) is -0.619. The molecule has 0 unspecified atom stereocenters. The van der Waals surface area contributed by atoms with Gasteiger partial charge in [-0.1, -0.05) is 23.4 Å². The summed E-state index contributed by atoms with van der Waals surface area (Å²) in [4.78, 5) is 6.99. The molecule has 0 N–H and O–H groups in total. The zero-order valence-corrected chi connectivity index (χ0v) is 18.6. The first-order valence-corrected chi connectivity index (χ1v) is 10.8. The molecule has 0 saturated carbocycles. The lowest BCUT2D eigenvalue weighted by molar-refractivity contribution is 0.116. The second-order valence-electron chi connectivity index (χ2n) is 7.78. The summed E-state index contributed by atoms with van der Waals surface area (Å²) in [5.41, 5.74) is 4.23. The predicted octanol–water partition coefficient (Wildman–Crippen LogP) is 4.56. The molecule has 0 aliphatic carbocycles. The van der Waals surface area contributed by atoms with Crippen LogP contribution in [0.4, 0.5) is 13.2 Å². The van der Waals surface area contributed by atoms with E-state index in [-0.39, 0.29) is 5.89 Å². The van der Waals surface area contributed by atoms with Crippen molar-refractivity contribution in [1.82, 2.24) is 35.1 Å². The van der Waals surface area contributed by atoms with Crippen LogP contribution in [0.1, 0.15) is 36.3 Å². The normalized spacial score (nSPS) is 13.8. The molecule has 0 bridgehead atoms. The SMILES string of the molecule is CF.FC(F)c1nnc(-c2ccc(Cn3cc(-c4ccc(CN5CCCC5)cn4)nn3)cc2)o1. The maximum Gasteiger partial charge on any atom is 0.314 e. The second kappa shape index (κ2) is 11.0. The van der Waals surface area contributed by atoms with E-state index in [9.17, 15) is 13.2 Å². The summed E-state index contributed by atoms with van der Waals surface area (Å²) in [5, 5.41) is 15.4. The van der Waals surface area contributed by atoms with E-state index in [0.29, 0.717) is 25.0 Å². The highest BCUT2D eigenvalue weighted by molar-refractivity contribution is 5.53. The van der Waals surface area contributed by atoms with Gasteiger partial charge in [-0.15, -0.1) is 15.3 Å². The minimum Gasteiger partial charge on any atom is -0.415 e. The second-order valence-corrected chi connectivity index (χ2v) is 7.78. The van der Waals surface area contributed by atoms with Crippen LogP contribution in [-0.2, 0) is 13.1 Å². The molecule has 1 aromatic carbocycles. The molecule has 0 amide bonds. The third-order valence-electron chi connectivity index (χ3n) is 5.40. The molecule has 11 heteroatoms. The summed E-state index contributed by atoms with van der Waals surface area (Å²) < 4.78 is 41.4. The fourth-order valence-corrected chi connectivity index (χ4v) is 3.74. The number of likely N-dealkylation sites (tertiary alicyclic amines) is 1. The zero-order valence-electron chi connectivity index (χ0n) is 18.6. The zero-order chi connectivity index (χ0) is 23.9. The number of pyridine rings is 1. The first kappa shape index (κ1) is 23.6. The topological polar surface area (TPSA) is 85.8 Å². The van der Waals surface area contributed by atoms with Crippen LogP contribution in [0.3, 0.4) is 0 Å². The Morgan fingerprint density at radius 2 is 1.62 bits per heavy atom. The molecule has 0 radical (unpaired) electrons. The fraction of sp³-hybridized carbons (Fsp3) is 0.348. The molecule has 5 rings (SSSR count). The fourth-order valence-electron chi connectivity index (χ4n) is 3.74. The van der Waals surface area contributed by atoms with Crippen LogP contribution in [0.25, 0.3) is 22.8 Å². The van der Waals surface area contributed by atoms with Gasteiger partial charge in [0.05, 0.1) is 25.6 Å². The summed E-state index contributed by atoms with van der Waals surface area (Å²) in [6.07, 6.45) is 3.51. The quantitative estimate of drug-likeness (QED) is 0.391. The first-order valence-electron chi connectivity index (χ1n) is 10.8. The first-order chi connectivity index (χ1) is 16.6. The van der Waals surface area contributed by atoms with Gasteiger partial charge in [0.15, 0.2) is 0 Å². The maximum atomic E-state index is 12.6. The van der Waals surface area contributed by atoms with Crippen LogP contribution in [0.2, 0.25) is 0 Å². The Balaban J connectivity index is 0.00000133. The monoisotopic (exact) mass is 471 g/mol. The van der Waals surface area contributed by atoms with Crippen LogP contribution >= 0.6 is 0 Å². The molecule has 1 aliphatic heterocycles. The Morgan fingerprint density at radius 3 is 2.26 bits per heavy atom. The Bertz CT molecular complexity index is 1170. The average Bonchev–Trinajstić information content (AvgIpc) is 3.64. The van der Waals surface area contributed by atoms with Crippen molar-refractivity contribution in [3.8, 4) is 22.8 Å². The molecule has 4 heterocycles. The van der Waals surface area contributed by atoms with Crippen LogP contribution in [0.5, 0.6) is 0 Å². The van der Waals surface area contributed by atoms with Crippen molar-refractivity contribution in [2.75, 3.05) is 20.3 Å². The predicted molar refractivity (Wildman–Crippen MR) is 119 cm³/mol. The number of aromatic nitrogens is 6. The molecule has 178 valence electrons. The van der Waals surface area contributed by atoms with E-state index in [1.54, 1.807) is 16.8 Å². The lowest BCUT2D eigenvalue weighted by Crippen LogP contribution is -2.18. The van der Waals surface area contributed by atoms with E-state index in [0.717, 1.165) is 30.9 Å². The number of nitrogens with zero attached hydrogens (tertiary/aromatic N) is 7. The minimum atomic E-state index is -2.78. The summed E-state index contributed by atoms with van der Waals surface area (Å²) >= 11 is 0. The molecule has 0 atom stereocenters. The van der Waals surface area contributed by atoms with E-state index in [4.69, 9.17) is 4.42 Å². The van der Waals surface area contributed by atoms with E-state index in [2.05, 4.69) is 36.5 Å². The molecule has 1 aliphatic rings. The largest absolute Gasteiger partial charge is 0.415 e. The molecular weight excluding hydrogens is 447 g/mol. The van der Waals surface area contributed by atoms with E-state index >= 15 is 0 Å². The van der Waals surface area contributed by atoms with Gasteiger partial charge in [0.2, 0.25) is 5.89 Å². The lowest BCUT2D eigenvalue weighted by atomic mass is 10.1. The molecule has 3 aromatic heterocycles. The molecule has 1 fully saturated rings. The van der Waals surface area contributed by atoms with Gasteiger partial charge >= 0.3 is 6.43 Å². The summed E-state index contributed by atoms with van der Waals surface area (Å²) in [7, 11) is 0.500. The highest BCUT2D eigenvalue weighted by Crippen LogP contribution is 2.24. The van der Waals surface area contributed by atoms with Crippen LogP contribution < -0.4 is 0 Å². The van der Waals surface area contributed by atoms with Crippen LogP contribution in [0.15, 0.2) is 53.2 Å². The van der Waals surface area contributed by atoms with Gasteiger partial charge in [-0.3, -0.25) is 14.3 Å². The summed E-state index contributed by atoms with van der Waals surface area (Å²) in [6, 6.07) is 11.3. The van der Waals surface area contributed by atoms with Gasteiger partial charge in [0.1, 0.15) is 5.69 Å². The molecule has 4 aromatic rings. The number of rotatable bonds is 7. The highest BCUT2D eigenvalue weighted by Gasteiger charge is 2.17. The van der Waals surface area contributed by atoms with Crippen molar-refractivity contribution in [2.24, 2.45) is 0 Å². The Labute approximate surface area is 194 Å². The smallest absolute Gasteiger partial charge is 0.314 e. The van der Waals surface area contributed by atoms with Crippen molar-refractivity contribution < 1.29 is 17.6 Å². The number of hydrogen-bond donors (Lipinski definition) is 0.